The van der Waals surface area contributed by atoms with E-state index in [1.54, 1.807) is 4.90 Å². The number of quaternary nitrogens is 1. The summed E-state index contributed by atoms with van der Waals surface area (Å²) in [6, 6.07) is 0. The third-order valence-corrected chi connectivity index (χ3v) is 5.18. The Morgan fingerprint density at radius 1 is 0.900 bits per heavy atom. The van der Waals surface area contributed by atoms with E-state index < -0.39 is 5.97 Å². The summed E-state index contributed by atoms with van der Waals surface area (Å²) >= 11 is 0. The average Bonchev–Trinajstić information content (AvgIpc) is 2.71. The van der Waals surface area contributed by atoms with Gasteiger partial charge >= 0.3 is 5.97 Å². The standard InChI is InChI=1S/C22H46N2O2.C2H4O2/c1-5-9-13-21(8-4)20-26-22(25)14-16-23-15-12-19-24(17-10-6-2)18-11-7-3;1-2(3)4/h21,23H,5-20H2,1-4H3;1H3,(H,3,4). The van der Waals surface area contributed by atoms with Crippen LogP contribution < -0.4 is 15.3 Å². The fourth-order valence-corrected chi connectivity index (χ4v) is 3.19. The van der Waals surface area contributed by atoms with Crippen LogP contribution in [0.25, 0.3) is 0 Å². The molecule has 1 unspecified atom stereocenters. The molecule has 1 atom stereocenters. The van der Waals surface area contributed by atoms with E-state index in [0.717, 1.165) is 26.4 Å². The van der Waals surface area contributed by atoms with Gasteiger partial charge in [-0.3, -0.25) is 4.79 Å². The van der Waals surface area contributed by atoms with Crippen LogP contribution in [0.4, 0.5) is 0 Å². The maximum Gasteiger partial charge on any atom is 0.307 e. The molecule has 0 saturated carbocycles. The molecule has 0 aliphatic heterocycles. The Balaban J connectivity index is 0. The predicted molar refractivity (Wildman–Crippen MR) is 122 cm³/mol. The molecule has 0 aromatic heterocycles. The van der Waals surface area contributed by atoms with Crippen LogP contribution in [0.15, 0.2) is 0 Å². The van der Waals surface area contributed by atoms with Crippen LogP contribution in [0, 0.1) is 5.92 Å². The number of rotatable bonds is 19. The van der Waals surface area contributed by atoms with Gasteiger partial charge in [-0.2, -0.15) is 0 Å². The molecular weight excluding hydrogens is 380 g/mol. The number of hydrogen-bond donors (Lipinski definition) is 2. The van der Waals surface area contributed by atoms with Gasteiger partial charge in [0.05, 0.1) is 32.7 Å². The van der Waals surface area contributed by atoms with Gasteiger partial charge in [-0.1, -0.05) is 59.8 Å². The van der Waals surface area contributed by atoms with Gasteiger partial charge in [-0.25, -0.2) is 0 Å². The van der Waals surface area contributed by atoms with Gasteiger partial charge in [-0.05, 0) is 32.1 Å². The highest BCUT2D eigenvalue weighted by molar-refractivity contribution is 5.69. The maximum atomic E-state index is 11.8. The fraction of sp³-hybridized carbons (Fsp3) is 0.917. The lowest BCUT2D eigenvalue weighted by atomic mass is 10.0. The summed E-state index contributed by atoms with van der Waals surface area (Å²) < 4.78 is 5.44. The lowest BCUT2D eigenvalue weighted by Gasteiger charge is -2.19. The highest BCUT2D eigenvalue weighted by Crippen LogP contribution is 2.13. The Bertz CT molecular complexity index is 379. The second-order valence-corrected chi connectivity index (χ2v) is 8.15. The molecular formula is C24H50N2O4. The number of hydrogen-bond acceptors (Lipinski definition) is 5. The van der Waals surface area contributed by atoms with Gasteiger partial charge in [0, 0.05) is 25.5 Å². The number of esters is 1. The molecule has 0 bridgehead atoms. The number of carboxylic acid groups (broad SMARTS) is 1. The number of aliphatic carboxylic acids is 1. The van der Waals surface area contributed by atoms with E-state index in [4.69, 9.17) is 14.6 Å². The smallest absolute Gasteiger partial charge is 0.307 e. The lowest BCUT2D eigenvalue weighted by Crippen LogP contribution is -3.12. The van der Waals surface area contributed by atoms with Crippen molar-refractivity contribution in [2.75, 3.05) is 39.3 Å². The van der Waals surface area contributed by atoms with Gasteiger partial charge in [0.15, 0.2) is 0 Å². The van der Waals surface area contributed by atoms with Crippen molar-refractivity contribution in [3.8, 4) is 0 Å². The minimum Gasteiger partial charge on any atom is -0.550 e. The van der Waals surface area contributed by atoms with Gasteiger partial charge in [-0.15, -0.1) is 0 Å². The zero-order valence-electron chi connectivity index (χ0n) is 20.5. The van der Waals surface area contributed by atoms with Gasteiger partial charge in [0.25, 0.3) is 0 Å². The number of carboxylic acids is 1. The molecule has 0 aromatic rings. The van der Waals surface area contributed by atoms with Crippen LogP contribution in [-0.4, -0.2) is 51.3 Å². The topological polar surface area (TPSA) is 82.9 Å². The summed E-state index contributed by atoms with van der Waals surface area (Å²) in [7, 11) is 0. The van der Waals surface area contributed by atoms with Gasteiger partial charge in [0.2, 0.25) is 0 Å². The fourth-order valence-electron chi connectivity index (χ4n) is 3.19. The molecule has 0 amide bonds. The second kappa shape index (κ2) is 24.1. The number of carbonyl (C=O) groups excluding carboxylic acids is 2. The summed E-state index contributed by atoms with van der Waals surface area (Å²) in [6.45, 7) is 16.1. The first-order valence-electron chi connectivity index (χ1n) is 12.3. The van der Waals surface area contributed by atoms with E-state index in [-0.39, 0.29) is 5.97 Å². The van der Waals surface area contributed by atoms with E-state index in [1.165, 1.54) is 71.0 Å². The molecule has 30 heavy (non-hydrogen) atoms. The third-order valence-electron chi connectivity index (χ3n) is 5.18. The number of ether oxygens (including phenoxy) is 1. The average molecular weight is 431 g/mol. The summed E-state index contributed by atoms with van der Waals surface area (Å²) in [5.74, 6) is -0.599. The first-order valence-corrected chi connectivity index (χ1v) is 12.3. The first-order chi connectivity index (χ1) is 14.4. The van der Waals surface area contributed by atoms with Crippen molar-refractivity contribution in [3.63, 3.8) is 0 Å². The highest BCUT2D eigenvalue weighted by atomic mass is 16.5. The van der Waals surface area contributed by atoms with Crippen LogP contribution in [0.5, 0.6) is 0 Å². The molecule has 180 valence electrons. The largest absolute Gasteiger partial charge is 0.550 e. The Kier molecular flexibility index (Phi) is 25.0. The van der Waals surface area contributed by atoms with Gasteiger partial charge < -0.3 is 24.9 Å². The first kappa shape index (κ1) is 31.0. The maximum absolute atomic E-state index is 11.8. The van der Waals surface area contributed by atoms with Crippen molar-refractivity contribution in [2.45, 2.75) is 98.8 Å². The lowest BCUT2D eigenvalue weighted by molar-refractivity contribution is -0.900. The van der Waals surface area contributed by atoms with Crippen LogP contribution in [0.2, 0.25) is 0 Å². The van der Waals surface area contributed by atoms with Crippen molar-refractivity contribution in [1.29, 1.82) is 0 Å². The molecule has 0 saturated heterocycles. The van der Waals surface area contributed by atoms with Crippen molar-refractivity contribution < 1.29 is 24.3 Å². The quantitative estimate of drug-likeness (QED) is 0.243. The van der Waals surface area contributed by atoms with E-state index in [2.05, 4.69) is 33.0 Å². The van der Waals surface area contributed by atoms with E-state index >= 15 is 0 Å². The predicted octanol–water partition coefficient (Wildman–Crippen LogP) is 2.36. The monoisotopic (exact) mass is 430 g/mol. The highest BCUT2D eigenvalue weighted by Gasteiger charge is 2.10. The van der Waals surface area contributed by atoms with Crippen molar-refractivity contribution in [3.05, 3.63) is 0 Å². The van der Waals surface area contributed by atoms with Crippen molar-refractivity contribution in [2.24, 2.45) is 5.92 Å². The van der Waals surface area contributed by atoms with Crippen LogP contribution in [0.3, 0.4) is 0 Å². The Labute approximate surface area is 186 Å². The van der Waals surface area contributed by atoms with Crippen LogP contribution >= 0.6 is 0 Å². The third kappa shape index (κ3) is 24.9. The summed E-state index contributed by atoms with van der Waals surface area (Å²) in [5, 5.41) is 12.3. The molecule has 6 heteroatoms. The molecule has 0 radical (unpaired) electrons. The number of unbranched alkanes of at least 4 members (excludes halogenated alkanes) is 3. The molecule has 0 aliphatic carbocycles. The van der Waals surface area contributed by atoms with Gasteiger partial charge in [0.1, 0.15) is 0 Å². The molecule has 0 fully saturated rings. The molecule has 0 rings (SSSR count). The summed E-state index contributed by atoms with van der Waals surface area (Å²) in [5.41, 5.74) is 0. The van der Waals surface area contributed by atoms with E-state index in [9.17, 15) is 4.79 Å². The number of carbonyl (C=O) groups is 2. The molecule has 0 aliphatic rings. The van der Waals surface area contributed by atoms with Crippen LogP contribution in [-0.2, 0) is 14.3 Å². The normalized spacial score (nSPS) is 11.7. The van der Waals surface area contributed by atoms with E-state index in [1.807, 2.05) is 0 Å². The second-order valence-electron chi connectivity index (χ2n) is 8.15. The van der Waals surface area contributed by atoms with Crippen molar-refractivity contribution in [1.82, 2.24) is 5.32 Å². The molecule has 0 spiro atoms. The van der Waals surface area contributed by atoms with Crippen LogP contribution in [0.1, 0.15) is 98.8 Å². The summed E-state index contributed by atoms with van der Waals surface area (Å²) in [4.78, 5) is 22.5. The summed E-state index contributed by atoms with van der Waals surface area (Å²) in [6.07, 6.45) is 11.6. The zero-order valence-corrected chi connectivity index (χ0v) is 20.5. The molecule has 0 aromatic carbocycles. The van der Waals surface area contributed by atoms with Crippen molar-refractivity contribution >= 4 is 11.9 Å². The minimum atomic E-state index is -1.08. The SMILES string of the molecule is CC(=O)[O-].CCCCC(CC)COC(=O)CCNCCC[NH+](CCCC)CCCC. The Hall–Kier alpha value is -1.14. The molecule has 0 heterocycles. The Morgan fingerprint density at radius 2 is 1.43 bits per heavy atom. The number of nitrogens with one attached hydrogen (secondary N) is 2. The molecule has 6 nitrogen and oxygen atoms in total. The minimum absolute atomic E-state index is 0.0504. The zero-order chi connectivity index (χ0) is 23.0. The molecule has 2 N–H and O–H groups in total. The Morgan fingerprint density at radius 3 is 1.93 bits per heavy atom. The van der Waals surface area contributed by atoms with E-state index in [0.29, 0.717) is 18.9 Å².